The highest BCUT2D eigenvalue weighted by Gasteiger charge is 2.14. The van der Waals surface area contributed by atoms with Gasteiger partial charge < -0.3 is 15.0 Å². The summed E-state index contributed by atoms with van der Waals surface area (Å²) in [6.07, 6.45) is 6.66. The minimum absolute atomic E-state index is 0.219. The number of amides is 1. The first kappa shape index (κ1) is 19.9. The van der Waals surface area contributed by atoms with Gasteiger partial charge in [-0.15, -0.1) is 0 Å². The molecule has 0 aromatic carbocycles. The summed E-state index contributed by atoms with van der Waals surface area (Å²) in [7, 11) is 0. The minimum atomic E-state index is -0.718. The van der Waals surface area contributed by atoms with Crippen LogP contribution in [0.3, 0.4) is 0 Å². The van der Waals surface area contributed by atoms with E-state index in [-0.39, 0.29) is 11.6 Å². The number of halogens is 1. The number of hydrogen-bond donors (Lipinski definition) is 1. The van der Waals surface area contributed by atoms with Gasteiger partial charge in [-0.2, -0.15) is 0 Å². The van der Waals surface area contributed by atoms with Crippen LogP contribution in [-0.2, 0) is 11.4 Å². The topological polar surface area (TPSA) is 80.2 Å². The van der Waals surface area contributed by atoms with Crippen LogP contribution in [0.15, 0.2) is 49.1 Å². The molecule has 7 nitrogen and oxygen atoms in total. The lowest BCUT2D eigenvalue weighted by Crippen LogP contribution is -2.36. The quantitative estimate of drug-likeness (QED) is 0.698. The molecular weight excluding hydrogens is 385 g/mol. The third-order valence-corrected chi connectivity index (χ3v) is 4.97. The fraction of sp³-hybridized carbons (Fsp3) is 0.273. The number of carbonyl (C=O) groups is 1. The van der Waals surface area contributed by atoms with E-state index in [4.69, 9.17) is 4.74 Å². The van der Waals surface area contributed by atoms with Crippen LogP contribution in [0, 0.1) is 6.92 Å². The Kier molecular flexibility index (Phi) is 5.94. The molecule has 4 rings (SSSR count). The Labute approximate surface area is 174 Å². The maximum atomic E-state index is 12.8. The second-order valence-corrected chi connectivity index (χ2v) is 7.01. The number of nitrogens with one attached hydrogen (secondary N) is 1. The summed E-state index contributed by atoms with van der Waals surface area (Å²) in [5, 5.41) is 2.83. The summed E-state index contributed by atoms with van der Waals surface area (Å²) in [6, 6.07) is 6.93. The number of rotatable bonds is 5. The molecule has 154 valence electrons. The molecule has 3 aromatic heterocycles. The first-order valence-electron chi connectivity index (χ1n) is 9.71. The Morgan fingerprint density at radius 2 is 2.00 bits per heavy atom. The van der Waals surface area contributed by atoms with Gasteiger partial charge in [-0.25, -0.2) is 4.39 Å². The van der Waals surface area contributed by atoms with Gasteiger partial charge in [0.1, 0.15) is 6.67 Å². The molecule has 1 aliphatic rings. The van der Waals surface area contributed by atoms with Crippen molar-refractivity contribution in [1.82, 2.24) is 15.0 Å². The van der Waals surface area contributed by atoms with Crippen molar-refractivity contribution in [3.05, 3.63) is 66.0 Å². The molecule has 0 atom stereocenters. The second-order valence-electron chi connectivity index (χ2n) is 7.01. The molecule has 0 saturated carbocycles. The predicted molar refractivity (Wildman–Crippen MR) is 112 cm³/mol. The van der Waals surface area contributed by atoms with Crippen LogP contribution in [0.2, 0.25) is 0 Å². The maximum Gasteiger partial charge on any atom is 0.255 e. The van der Waals surface area contributed by atoms with E-state index < -0.39 is 6.67 Å². The molecule has 3 aromatic rings. The van der Waals surface area contributed by atoms with Gasteiger partial charge in [0.2, 0.25) is 0 Å². The molecule has 1 amide bonds. The van der Waals surface area contributed by atoms with Gasteiger partial charge in [0, 0.05) is 47.9 Å². The van der Waals surface area contributed by atoms with Crippen molar-refractivity contribution in [2.45, 2.75) is 13.6 Å². The summed E-state index contributed by atoms with van der Waals surface area (Å²) in [4.78, 5) is 27.5. The summed E-state index contributed by atoms with van der Waals surface area (Å²) in [6.45, 7) is 4.25. The van der Waals surface area contributed by atoms with Crippen molar-refractivity contribution in [3.63, 3.8) is 0 Å². The Balaban J connectivity index is 1.58. The highest BCUT2D eigenvalue weighted by Crippen LogP contribution is 2.28. The van der Waals surface area contributed by atoms with Crippen LogP contribution < -0.4 is 10.2 Å². The van der Waals surface area contributed by atoms with E-state index in [1.807, 2.05) is 19.2 Å². The van der Waals surface area contributed by atoms with Crippen molar-refractivity contribution < 1.29 is 13.9 Å². The third kappa shape index (κ3) is 4.44. The van der Waals surface area contributed by atoms with Crippen molar-refractivity contribution in [2.24, 2.45) is 0 Å². The van der Waals surface area contributed by atoms with E-state index in [0.29, 0.717) is 24.5 Å². The van der Waals surface area contributed by atoms with Gasteiger partial charge in [-0.1, -0.05) is 0 Å². The highest BCUT2D eigenvalue weighted by atomic mass is 19.1. The highest BCUT2D eigenvalue weighted by molar-refractivity contribution is 6.04. The number of pyridine rings is 3. The van der Waals surface area contributed by atoms with Gasteiger partial charge in [-0.05, 0) is 31.2 Å². The molecule has 0 spiro atoms. The summed E-state index contributed by atoms with van der Waals surface area (Å²) < 4.78 is 18.2. The van der Waals surface area contributed by atoms with E-state index in [1.165, 1.54) is 12.3 Å². The molecule has 0 unspecified atom stereocenters. The van der Waals surface area contributed by atoms with Crippen molar-refractivity contribution in [3.8, 4) is 11.1 Å². The van der Waals surface area contributed by atoms with Crippen LogP contribution in [0.25, 0.3) is 11.1 Å². The molecule has 1 aliphatic heterocycles. The van der Waals surface area contributed by atoms with Crippen molar-refractivity contribution in [1.29, 1.82) is 0 Å². The molecule has 0 radical (unpaired) electrons. The summed E-state index contributed by atoms with van der Waals surface area (Å²) in [5.74, 6) is -0.344. The average molecular weight is 407 g/mol. The average Bonchev–Trinajstić information content (AvgIpc) is 2.81. The van der Waals surface area contributed by atoms with E-state index in [2.05, 4.69) is 31.2 Å². The van der Waals surface area contributed by atoms with E-state index in [0.717, 1.165) is 35.6 Å². The predicted octanol–water partition coefficient (Wildman–Crippen LogP) is 3.41. The number of aromatic nitrogens is 3. The number of aryl methyl sites for hydroxylation is 1. The Morgan fingerprint density at radius 3 is 2.80 bits per heavy atom. The van der Waals surface area contributed by atoms with Gasteiger partial charge in [-0.3, -0.25) is 19.7 Å². The van der Waals surface area contributed by atoms with Crippen LogP contribution in [0.4, 0.5) is 15.8 Å². The second kappa shape index (κ2) is 8.96. The lowest BCUT2D eigenvalue weighted by molar-refractivity contribution is 0.102. The van der Waals surface area contributed by atoms with Crippen LogP contribution in [0.1, 0.15) is 21.7 Å². The lowest BCUT2D eigenvalue weighted by atomic mass is 10.1. The first-order chi connectivity index (χ1) is 14.6. The lowest BCUT2D eigenvalue weighted by Gasteiger charge is -2.28. The smallest absolute Gasteiger partial charge is 0.255 e. The molecular formula is C22H22FN5O2. The summed E-state index contributed by atoms with van der Waals surface area (Å²) in [5.41, 5.74) is 4.78. The molecule has 0 bridgehead atoms. The number of nitrogens with zero attached hydrogens (tertiary/aromatic N) is 4. The summed E-state index contributed by atoms with van der Waals surface area (Å²) >= 11 is 0. The molecule has 30 heavy (non-hydrogen) atoms. The monoisotopic (exact) mass is 407 g/mol. The van der Waals surface area contributed by atoms with Gasteiger partial charge in [0.15, 0.2) is 0 Å². The van der Waals surface area contributed by atoms with Crippen LogP contribution in [-0.4, -0.2) is 47.2 Å². The van der Waals surface area contributed by atoms with Gasteiger partial charge >= 0.3 is 0 Å². The Bertz CT molecular complexity index is 1050. The van der Waals surface area contributed by atoms with Crippen molar-refractivity contribution >= 4 is 17.3 Å². The number of morpholine rings is 1. The molecule has 1 N–H and O–H groups in total. The Hall–Kier alpha value is -3.39. The van der Waals surface area contributed by atoms with E-state index >= 15 is 0 Å². The van der Waals surface area contributed by atoms with E-state index in [9.17, 15) is 9.18 Å². The standard InChI is InChI=1S/C22H22FN5O2/c1-15-21(17-9-20(14-24-12-17)28-4-6-30-7-5-28)10-19(13-26-15)27-22(29)16-2-3-25-18(8-16)11-23/h2-3,8-10,12-14H,4-7,11H2,1H3,(H,27,29). The fourth-order valence-corrected chi connectivity index (χ4v) is 3.36. The zero-order chi connectivity index (χ0) is 20.9. The normalized spacial score (nSPS) is 13.9. The number of hydrogen-bond acceptors (Lipinski definition) is 6. The number of alkyl halides is 1. The fourth-order valence-electron chi connectivity index (χ4n) is 3.36. The molecule has 1 saturated heterocycles. The van der Waals surface area contributed by atoms with Crippen LogP contribution in [0.5, 0.6) is 0 Å². The minimum Gasteiger partial charge on any atom is -0.378 e. The molecule has 0 aliphatic carbocycles. The zero-order valence-electron chi connectivity index (χ0n) is 16.6. The largest absolute Gasteiger partial charge is 0.378 e. The molecule has 8 heteroatoms. The number of carbonyl (C=O) groups excluding carboxylic acids is 1. The van der Waals surface area contributed by atoms with E-state index in [1.54, 1.807) is 18.5 Å². The number of ether oxygens (including phenoxy) is 1. The third-order valence-electron chi connectivity index (χ3n) is 4.97. The van der Waals surface area contributed by atoms with Crippen molar-refractivity contribution in [2.75, 3.05) is 36.5 Å². The first-order valence-corrected chi connectivity index (χ1v) is 9.71. The maximum absolute atomic E-state index is 12.8. The molecule has 1 fully saturated rings. The zero-order valence-corrected chi connectivity index (χ0v) is 16.6. The van der Waals surface area contributed by atoms with Gasteiger partial charge in [0.05, 0.1) is 42.7 Å². The van der Waals surface area contributed by atoms with Gasteiger partial charge in [0.25, 0.3) is 5.91 Å². The number of anilines is 2. The van der Waals surface area contributed by atoms with Crippen LogP contribution >= 0.6 is 0 Å². The molecule has 4 heterocycles. The SMILES string of the molecule is Cc1ncc(NC(=O)c2ccnc(CF)c2)cc1-c1cncc(N2CCOCC2)c1. The Morgan fingerprint density at radius 1 is 1.17 bits per heavy atom.